The third-order valence-corrected chi connectivity index (χ3v) is 2.79. The maximum absolute atomic E-state index is 11.9. The van der Waals surface area contributed by atoms with Crippen molar-refractivity contribution < 1.29 is 9.53 Å². The topological polar surface area (TPSA) is 64.3 Å². The SMILES string of the molecule is CCCOc1cc(C)ccc1NC(=O)[C@H](N)CCC. The highest BCUT2D eigenvalue weighted by Crippen LogP contribution is 2.26. The second-order valence-electron chi connectivity index (χ2n) is 4.73. The minimum Gasteiger partial charge on any atom is -0.491 e. The zero-order chi connectivity index (χ0) is 14.3. The number of hydrogen-bond acceptors (Lipinski definition) is 3. The van der Waals surface area contributed by atoms with E-state index in [2.05, 4.69) is 5.32 Å². The average Bonchev–Trinajstić information content (AvgIpc) is 2.39. The van der Waals surface area contributed by atoms with Gasteiger partial charge < -0.3 is 15.8 Å². The molecule has 1 rings (SSSR count). The Morgan fingerprint density at radius 3 is 2.74 bits per heavy atom. The van der Waals surface area contributed by atoms with Crippen molar-refractivity contribution in [1.82, 2.24) is 0 Å². The third-order valence-electron chi connectivity index (χ3n) is 2.79. The van der Waals surface area contributed by atoms with Crippen LogP contribution in [0.2, 0.25) is 0 Å². The summed E-state index contributed by atoms with van der Waals surface area (Å²) in [7, 11) is 0. The molecule has 0 bridgehead atoms. The van der Waals surface area contributed by atoms with Gasteiger partial charge in [-0.05, 0) is 37.5 Å². The molecule has 1 aromatic rings. The summed E-state index contributed by atoms with van der Waals surface area (Å²) in [6.45, 7) is 6.68. The van der Waals surface area contributed by atoms with Gasteiger partial charge in [-0.2, -0.15) is 0 Å². The second-order valence-corrected chi connectivity index (χ2v) is 4.73. The van der Waals surface area contributed by atoms with E-state index < -0.39 is 6.04 Å². The van der Waals surface area contributed by atoms with E-state index >= 15 is 0 Å². The first-order chi connectivity index (χ1) is 9.08. The molecule has 4 nitrogen and oxygen atoms in total. The van der Waals surface area contributed by atoms with Crippen LogP contribution in [0.15, 0.2) is 18.2 Å². The van der Waals surface area contributed by atoms with Crippen molar-refractivity contribution in [3.63, 3.8) is 0 Å². The quantitative estimate of drug-likeness (QED) is 0.796. The minimum atomic E-state index is -0.467. The van der Waals surface area contributed by atoms with Crippen LogP contribution >= 0.6 is 0 Å². The van der Waals surface area contributed by atoms with Crippen molar-refractivity contribution in [2.24, 2.45) is 5.73 Å². The molecule has 1 atom stereocenters. The first-order valence-electron chi connectivity index (χ1n) is 6.88. The molecular formula is C15H24N2O2. The van der Waals surface area contributed by atoms with E-state index in [4.69, 9.17) is 10.5 Å². The van der Waals surface area contributed by atoms with Gasteiger partial charge in [-0.15, -0.1) is 0 Å². The number of carbonyl (C=O) groups excluding carboxylic acids is 1. The lowest BCUT2D eigenvalue weighted by atomic mass is 10.1. The molecule has 4 heteroatoms. The van der Waals surface area contributed by atoms with E-state index in [1.54, 1.807) is 0 Å². The molecule has 106 valence electrons. The summed E-state index contributed by atoms with van der Waals surface area (Å²) < 4.78 is 5.65. The Morgan fingerprint density at radius 1 is 1.37 bits per heavy atom. The fourth-order valence-corrected chi connectivity index (χ4v) is 1.73. The monoisotopic (exact) mass is 264 g/mol. The minimum absolute atomic E-state index is 0.160. The summed E-state index contributed by atoms with van der Waals surface area (Å²) in [6.07, 6.45) is 2.50. The number of rotatable bonds is 7. The number of benzene rings is 1. The first-order valence-corrected chi connectivity index (χ1v) is 6.88. The van der Waals surface area contributed by atoms with Crippen LogP contribution in [0, 0.1) is 6.92 Å². The van der Waals surface area contributed by atoms with E-state index in [-0.39, 0.29) is 5.91 Å². The predicted molar refractivity (Wildman–Crippen MR) is 78.5 cm³/mol. The zero-order valence-electron chi connectivity index (χ0n) is 12.0. The maximum atomic E-state index is 11.9. The van der Waals surface area contributed by atoms with Crippen LogP contribution in [-0.4, -0.2) is 18.6 Å². The second kappa shape index (κ2) is 7.79. The summed E-state index contributed by atoms with van der Waals surface area (Å²) in [5, 5.41) is 2.84. The first kappa shape index (κ1) is 15.5. The van der Waals surface area contributed by atoms with Crippen LogP contribution < -0.4 is 15.8 Å². The molecule has 0 saturated carbocycles. The van der Waals surface area contributed by atoms with Crippen molar-refractivity contribution >= 4 is 11.6 Å². The number of nitrogens with two attached hydrogens (primary N) is 1. The van der Waals surface area contributed by atoms with Crippen LogP contribution in [0.3, 0.4) is 0 Å². The highest BCUT2D eigenvalue weighted by Gasteiger charge is 2.14. The van der Waals surface area contributed by atoms with Gasteiger partial charge in [0, 0.05) is 0 Å². The predicted octanol–water partition coefficient (Wildman–Crippen LogP) is 2.85. The van der Waals surface area contributed by atoms with Crippen molar-refractivity contribution in [1.29, 1.82) is 0 Å². The van der Waals surface area contributed by atoms with E-state index in [1.165, 1.54) is 0 Å². The van der Waals surface area contributed by atoms with Gasteiger partial charge in [0.1, 0.15) is 5.75 Å². The summed E-state index contributed by atoms with van der Waals surface area (Å²) in [4.78, 5) is 11.9. The Morgan fingerprint density at radius 2 is 2.11 bits per heavy atom. The molecule has 0 fully saturated rings. The average molecular weight is 264 g/mol. The summed E-state index contributed by atoms with van der Waals surface area (Å²) in [5.41, 5.74) is 7.59. The fourth-order valence-electron chi connectivity index (χ4n) is 1.73. The standard InChI is InChI=1S/C15H24N2O2/c1-4-6-12(16)15(18)17-13-8-7-11(3)10-14(13)19-9-5-2/h7-8,10,12H,4-6,9,16H2,1-3H3,(H,17,18)/t12-/m1/s1. The molecule has 0 radical (unpaired) electrons. The lowest BCUT2D eigenvalue weighted by Gasteiger charge is -2.15. The van der Waals surface area contributed by atoms with Crippen molar-refractivity contribution in [2.75, 3.05) is 11.9 Å². The van der Waals surface area contributed by atoms with Gasteiger partial charge in [-0.1, -0.05) is 26.3 Å². The van der Waals surface area contributed by atoms with Crippen LogP contribution in [-0.2, 0) is 4.79 Å². The van der Waals surface area contributed by atoms with Crippen molar-refractivity contribution in [2.45, 2.75) is 46.1 Å². The Labute approximate surface area is 115 Å². The number of hydrogen-bond donors (Lipinski definition) is 2. The Kier molecular flexibility index (Phi) is 6.36. The maximum Gasteiger partial charge on any atom is 0.241 e. The lowest BCUT2D eigenvalue weighted by Crippen LogP contribution is -2.35. The molecule has 0 heterocycles. The number of anilines is 1. The molecule has 1 amide bonds. The number of carbonyl (C=O) groups is 1. The molecule has 0 aromatic heterocycles. The summed E-state index contributed by atoms with van der Waals surface area (Å²) in [6, 6.07) is 5.26. The molecule has 19 heavy (non-hydrogen) atoms. The van der Waals surface area contributed by atoms with E-state index in [9.17, 15) is 4.79 Å². The van der Waals surface area contributed by atoms with Gasteiger partial charge in [0.05, 0.1) is 18.3 Å². The van der Waals surface area contributed by atoms with Crippen LogP contribution in [0.5, 0.6) is 5.75 Å². The van der Waals surface area contributed by atoms with Gasteiger partial charge in [-0.25, -0.2) is 0 Å². The van der Waals surface area contributed by atoms with E-state index in [1.807, 2.05) is 39.0 Å². The van der Waals surface area contributed by atoms with Gasteiger partial charge in [-0.3, -0.25) is 4.79 Å². The number of nitrogens with one attached hydrogen (secondary N) is 1. The molecule has 0 aliphatic rings. The molecule has 0 saturated heterocycles. The Balaban J connectivity index is 2.78. The molecule has 0 aliphatic carbocycles. The normalized spacial score (nSPS) is 12.0. The van der Waals surface area contributed by atoms with Gasteiger partial charge >= 0.3 is 0 Å². The summed E-state index contributed by atoms with van der Waals surface area (Å²) in [5.74, 6) is 0.547. The van der Waals surface area contributed by atoms with Crippen molar-refractivity contribution in [3.8, 4) is 5.75 Å². The lowest BCUT2D eigenvalue weighted by molar-refractivity contribution is -0.117. The molecule has 0 unspecified atom stereocenters. The Bertz CT molecular complexity index is 419. The molecule has 1 aromatic carbocycles. The highest BCUT2D eigenvalue weighted by atomic mass is 16.5. The Hall–Kier alpha value is -1.55. The summed E-state index contributed by atoms with van der Waals surface area (Å²) >= 11 is 0. The smallest absolute Gasteiger partial charge is 0.241 e. The zero-order valence-corrected chi connectivity index (χ0v) is 12.0. The molecule has 0 spiro atoms. The molecule has 3 N–H and O–H groups in total. The van der Waals surface area contributed by atoms with Gasteiger partial charge in [0.2, 0.25) is 5.91 Å². The van der Waals surface area contributed by atoms with Crippen LogP contribution in [0.1, 0.15) is 38.7 Å². The third kappa shape index (κ3) is 4.91. The number of amides is 1. The molecule has 0 aliphatic heterocycles. The van der Waals surface area contributed by atoms with Crippen LogP contribution in [0.4, 0.5) is 5.69 Å². The number of ether oxygens (including phenoxy) is 1. The fraction of sp³-hybridized carbons (Fsp3) is 0.533. The van der Waals surface area contributed by atoms with E-state index in [0.29, 0.717) is 24.5 Å². The van der Waals surface area contributed by atoms with E-state index in [0.717, 1.165) is 18.4 Å². The van der Waals surface area contributed by atoms with Gasteiger partial charge in [0.25, 0.3) is 0 Å². The highest BCUT2D eigenvalue weighted by molar-refractivity contribution is 5.95. The van der Waals surface area contributed by atoms with Crippen molar-refractivity contribution in [3.05, 3.63) is 23.8 Å². The van der Waals surface area contributed by atoms with Crippen LogP contribution in [0.25, 0.3) is 0 Å². The number of aryl methyl sites for hydroxylation is 1. The largest absolute Gasteiger partial charge is 0.491 e. The van der Waals surface area contributed by atoms with Gasteiger partial charge in [0.15, 0.2) is 0 Å². The molecular weight excluding hydrogens is 240 g/mol.